The molecule has 0 unspecified atom stereocenters. The summed E-state index contributed by atoms with van der Waals surface area (Å²) in [6.07, 6.45) is 0.262. The average Bonchev–Trinajstić information content (AvgIpc) is 2.03. The summed E-state index contributed by atoms with van der Waals surface area (Å²) in [5.41, 5.74) is 5.15. The number of nitrogens with zero attached hydrogens (tertiary/aromatic N) is 1. The first kappa shape index (κ1) is 13.3. The molecule has 0 aliphatic rings. The Balaban J connectivity index is 4.32. The Hall–Kier alpha value is -0.660. The van der Waals surface area contributed by atoms with Gasteiger partial charge >= 0.3 is 0 Å². The largest absolute Gasteiger partial charge is 0.388 e. The minimum Gasteiger partial charge on any atom is -0.388 e. The van der Waals surface area contributed by atoms with Crippen molar-refractivity contribution in [3.63, 3.8) is 0 Å². The zero-order valence-corrected chi connectivity index (χ0v) is 9.39. The van der Waals surface area contributed by atoms with Crippen LogP contribution >= 0.6 is 0 Å². The summed E-state index contributed by atoms with van der Waals surface area (Å²) >= 11 is 0. The summed E-state index contributed by atoms with van der Waals surface area (Å²) in [4.78, 5) is 0. The molecule has 0 radical (unpaired) electrons. The highest BCUT2D eigenvalue weighted by molar-refractivity contribution is 7.87. The Morgan fingerprint density at radius 3 is 2.43 bits per heavy atom. The molecule has 0 heterocycles. The zero-order valence-electron chi connectivity index (χ0n) is 8.58. The lowest BCUT2D eigenvalue weighted by molar-refractivity contribution is 0.428. The molecule has 84 valence electrons. The van der Waals surface area contributed by atoms with E-state index in [1.807, 2.05) is 0 Å². The fourth-order valence-electron chi connectivity index (χ4n) is 0.967. The fraction of sp³-hybridized carbons (Fsp3) is 0.857. The second-order valence-electron chi connectivity index (χ2n) is 2.77. The molecule has 0 bridgehead atoms. The quantitative estimate of drug-likeness (QED) is 0.399. The molecule has 0 atom stereocenters. The molecular weight excluding hydrogens is 204 g/mol. The standard InChI is InChI=1S/C7H18N4O2S/c1-3-10-14(12,13)11(4-2)6-5-7(8)9/h10H,3-6H2,1-2H3,(H3,8,9). The maximum Gasteiger partial charge on any atom is 0.279 e. The SMILES string of the molecule is CCNS(=O)(=O)N(CC)CCC(=N)N. The van der Waals surface area contributed by atoms with Crippen LogP contribution in [0.2, 0.25) is 0 Å². The molecule has 0 aromatic carbocycles. The number of amidine groups is 1. The van der Waals surface area contributed by atoms with E-state index in [0.717, 1.165) is 0 Å². The maximum absolute atomic E-state index is 11.5. The van der Waals surface area contributed by atoms with Gasteiger partial charge in [-0.1, -0.05) is 13.8 Å². The van der Waals surface area contributed by atoms with Crippen molar-refractivity contribution in [3.05, 3.63) is 0 Å². The molecule has 0 aromatic rings. The van der Waals surface area contributed by atoms with Crippen molar-refractivity contribution in [1.29, 1.82) is 5.41 Å². The van der Waals surface area contributed by atoms with Gasteiger partial charge in [-0.05, 0) is 0 Å². The van der Waals surface area contributed by atoms with Crippen LogP contribution in [0.15, 0.2) is 0 Å². The highest BCUT2D eigenvalue weighted by Gasteiger charge is 2.18. The van der Waals surface area contributed by atoms with Crippen molar-refractivity contribution in [2.75, 3.05) is 19.6 Å². The smallest absolute Gasteiger partial charge is 0.279 e. The summed E-state index contributed by atoms with van der Waals surface area (Å²) in [6.45, 7) is 4.45. The Labute approximate surface area is 85.2 Å². The minimum atomic E-state index is -3.39. The lowest BCUT2D eigenvalue weighted by atomic mass is 10.4. The highest BCUT2D eigenvalue weighted by atomic mass is 32.2. The van der Waals surface area contributed by atoms with Gasteiger partial charge in [0.15, 0.2) is 0 Å². The third kappa shape index (κ3) is 4.54. The Morgan fingerprint density at radius 1 is 1.50 bits per heavy atom. The van der Waals surface area contributed by atoms with Crippen molar-refractivity contribution in [2.24, 2.45) is 5.73 Å². The monoisotopic (exact) mass is 222 g/mol. The zero-order chi connectivity index (χ0) is 11.2. The van der Waals surface area contributed by atoms with Gasteiger partial charge in [-0.15, -0.1) is 0 Å². The summed E-state index contributed by atoms with van der Waals surface area (Å²) in [6, 6.07) is 0. The Bertz CT molecular complexity index is 275. The van der Waals surface area contributed by atoms with Gasteiger partial charge in [0.25, 0.3) is 10.2 Å². The van der Waals surface area contributed by atoms with E-state index in [0.29, 0.717) is 13.1 Å². The van der Waals surface area contributed by atoms with Crippen LogP contribution in [-0.2, 0) is 10.2 Å². The second kappa shape index (κ2) is 5.94. The molecule has 0 spiro atoms. The molecule has 7 heteroatoms. The average molecular weight is 222 g/mol. The van der Waals surface area contributed by atoms with E-state index in [4.69, 9.17) is 11.1 Å². The molecule has 0 amide bonds. The second-order valence-corrected chi connectivity index (χ2v) is 4.53. The number of rotatable bonds is 7. The van der Waals surface area contributed by atoms with Crippen LogP contribution in [0.25, 0.3) is 0 Å². The van der Waals surface area contributed by atoms with E-state index < -0.39 is 10.2 Å². The predicted molar refractivity (Wildman–Crippen MR) is 56.4 cm³/mol. The first-order valence-electron chi connectivity index (χ1n) is 4.51. The van der Waals surface area contributed by atoms with Gasteiger partial charge in [0.2, 0.25) is 0 Å². The first-order valence-corrected chi connectivity index (χ1v) is 5.95. The van der Waals surface area contributed by atoms with Crippen molar-refractivity contribution in [2.45, 2.75) is 20.3 Å². The molecule has 0 aliphatic carbocycles. The van der Waals surface area contributed by atoms with E-state index in [1.165, 1.54) is 4.31 Å². The maximum atomic E-state index is 11.5. The van der Waals surface area contributed by atoms with Crippen LogP contribution in [0.4, 0.5) is 0 Å². The van der Waals surface area contributed by atoms with Gasteiger partial charge in [0.1, 0.15) is 0 Å². The van der Waals surface area contributed by atoms with E-state index in [2.05, 4.69) is 4.72 Å². The van der Waals surface area contributed by atoms with Gasteiger partial charge < -0.3 is 5.73 Å². The Morgan fingerprint density at radius 2 is 2.07 bits per heavy atom. The summed E-state index contributed by atoms with van der Waals surface area (Å²) < 4.78 is 26.6. The summed E-state index contributed by atoms with van der Waals surface area (Å²) in [5, 5.41) is 7.01. The fourth-order valence-corrected chi connectivity index (χ4v) is 2.19. The highest BCUT2D eigenvalue weighted by Crippen LogP contribution is 1.98. The molecule has 6 nitrogen and oxygen atoms in total. The van der Waals surface area contributed by atoms with Crippen molar-refractivity contribution in [1.82, 2.24) is 9.03 Å². The molecule has 0 saturated carbocycles. The van der Waals surface area contributed by atoms with Gasteiger partial charge in [-0.2, -0.15) is 12.7 Å². The normalized spacial score (nSPS) is 11.9. The van der Waals surface area contributed by atoms with Crippen molar-refractivity contribution >= 4 is 16.0 Å². The summed E-state index contributed by atoms with van der Waals surface area (Å²) in [7, 11) is -3.39. The van der Waals surface area contributed by atoms with Gasteiger partial charge in [-0.3, -0.25) is 5.41 Å². The molecule has 0 aromatic heterocycles. The number of hydrogen-bond donors (Lipinski definition) is 3. The van der Waals surface area contributed by atoms with Crippen LogP contribution in [0, 0.1) is 5.41 Å². The van der Waals surface area contributed by atoms with Gasteiger partial charge in [-0.25, -0.2) is 4.72 Å². The lowest BCUT2D eigenvalue weighted by Gasteiger charge is -2.19. The van der Waals surface area contributed by atoms with Crippen LogP contribution in [0.3, 0.4) is 0 Å². The number of nitrogens with two attached hydrogens (primary N) is 1. The van der Waals surface area contributed by atoms with Crippen LogP contribution in [0.1, 0.15) is 20.3 Å². The van der Waals surface area contributed by atoms with E-state index in [-0.39, 0.29) is 18.8 Å². The molecule has 0 saturated heterocycles. The van der Waals surface area contributed by atoms with Crippen molar-refractivity contribution < 1.29 is 8.42 Å². The van der Waals surface area contributed by atoms with Gasteiger partial charge in [0.05, 0.1) is 5.84 Å². The third-order valence-corrected chi connectivity index (χ3v) is 3.42. The molecule has 4 N–H and O–H groups in total. The van der Waals surface area contributed by atoms with Gasteiger partial charge in [0, 0.05) is 26.1 Å². The predicted octanol–water partition coefficient (Wildman–Crippen LogP) is -0.511. The van der Waals surface area contributed by atoms with E-state index in [9.17, 15) is 8.42 Å². The number of nitrogens with one attached hydrogen (secondary N) is 2. The Kier molecular flexibility index (Phi) is 5.66. The van der Waals surface area contributed by atoms with E-state index >= 15 is 0 Å². The first-order chi connectivity index (χ1) is 6.44. The lowest BCUT2D eigenvalue weighted by Crippen LogP contribution is -2.41. The molecule has 0 aliphatic heterocycles. The third-order valence-electron chi connectivity index (χ3n) is 1.65. The van der Waals surface area contributed by atoms with Crippen molar-refractivity contribution in [3.8, 4) is 0 Å². The molecule has 0 fully saturated rings. The molecule has 0 rings (SSSR count). The molecular formula is C7H18N4O2S. The number of hydrogen-bond acceptors (Lipinski definition) is 3. The topological polar surface area (TPSA) is 99.3 Å². The van der Waals surface area contributed by atoms with Crippen LogP contribution in [-0.4, -0.2) is 38.2 Å². The van der Waals surface area contributed by atoms with Crippen LogP contribution in [0.5, 0.6) is 0 Å². The van der Waals surface area contributed by atoms with Crippen LogP contribution < -0.4 is 10.5 Å². The molecule has 14 heavy (non-hydrogen) atoms. The van der Waals surface area contributed by atoms with E-state index in [1.54, 1.807) is 13.8 Å². The summed E-state index contributed by atoms with van der Waals surface area (Å²) in [5.74, 6) is -0.00449. The minimum absolute atomic E-state index is 0.00449.